The number of piperidine rings is 1. The Morgan fingerprint density at radius 3 is 2.88 bits per heavy atom. The topological polar surface area (TPSA) is 121 Å². The summed E-state index contributed by atoms with van der Waals surface area (Å²) in [6.07, 6.45) is 3.09. The summed E-state index contributed by atoms with van der Waals surface area (Å²) in [6, 6.07) is 3.85. The van der Waals surface area contributed by atoms with E-state index in [-0.39, 0.29) is 29.5 Å². The van der Waals surface area contributed by atoms with Crippen molar-refractivity contribution in [1.29, 1.82) is 0 Å². The lowest BCUT2D eigenvalue weighted by Gasteiger charge is -2.31. The van der Waals surface area contributed by atoms with Crippen LogP contribution in [-0.2, 0) is 25.4 Å². The number of amides is 1. The molecule has 4 aromatic rings. The fraction of sp³-hybridized carbons (Fsp3) is 0.400. The van der Waals surface area contributed by atoms with Crippen LogP contribution in [0.15, 0.2) is 37.8 Å². The van der Waals surface area contributed by atoms with E-state index in [1.165, 1.54) is 33.8 Å². The molecule has 0 saturated carbocycles. The molecule has 1 fully saturated rings. The highest BCUT2D eigenvalue weighted by molar-refractivity contribution is 7.13. The molecule has 5 rings (SSSR count). The Kier molecular flexibility index (Phi) is 5.00. The third-order valence-corrected chi connectivity index (χ3v) is 6.68. The van der Waals surface area contributed by atoms with Gasteiger partial charge in [0.25, 0.3) is 11.4 Å². The van der Waals surface area contributed by atoms with Gasteiger partial charge in [-0.25, -0.2) is 9.78 Å². The molecule has 1 unspecified atom stereocenters. The number of likely N-dealkylation sites (tertiary alicyclic amines) is 1. The molecule has 166 valence electrons. The highest BCUT2D eigenvalue weighted by Gasteiger charge is 2.29. The Labute approximate surface area is 185 Å². The van der Waals surface area contributed by atoms with E-state index in [9.17, 15) is 14.4 Å². The first-order valence-electron chi connectivity index (χ1n) is 10.2. The number of hydrogen-bond donors (Lipinski definition) is 0. The van der Waals surface area contributed by atoms with Crippen molar-refractivity contribution in [3.8, 4) is 10.8 Å². The van der Waals surface area contributed by atoms with Gasteiger partial charge in [-0.2, -0.15) is 0 Å². The zero-order valence-electron chi connectivity index (χ0n) is 17.6. The van der Waals surface area contributed by atoms with Gasteiger partial charge in [0, 0.05) is 27.2 Å². The molecule has 1 aliphatic heterocycles. The van der Waals surface area contributed by atoms with Crippen molar-refractivity contribution in [3.05, 3.63) is 50.6 Å². The molecule has 0 radical (unpaired) electrons. The molecule has 5 heterocycles. The van der Waals surface area contributed by atoms with Crippen molar-refractivity contribution in [1.82, 2.24) is 33.8 Å². The lowest BCUT2D eigenvalue weighted by atomic mass is 9.98. The largest absolute Gasteiger partial charge is 0.420 e. The number of carbonyl (C=O) groups excluding carboxylic acids is 1. The summed E-state index contributed by atoms with van der Waals surface area (Å²) in [5, 5.41) is 10.3. The average Bonchev–Trinajstić information content (AvgIpc) is 3.56. The van der Waals surface area contributed by atoms with Gasteiger partial charge >= 0.3 is 5.69 Å². The van der Waals surface area contributed by atoms with E-state index >= 15 is 0 Å². The molecule has 1 saturated heterocycles. The van der Waals surface area contributed by atoms with Gasteiger partial charge in [0.2, 0.25) is 11.8 Å². The quantitative estimate of drug-likeness (QED) is 0.449. The maximum Gasteiger partial charge on any atom is 0.332 e. The zero-order valence-corrected chi connectivity index (χ0v) is 18.4. The second-order valence-electron chi connectivity index (χ2n) is 7.85. The molecule has 12 heteroatoms. The number of hydrogen-bond acceptors (Lipinski definition) is 8. The second-order valence-corrected chi connectivity index (χ2v) is 8.80. The monoisotopic (exact) mass is 455 g/mol. The van der Waals surface area contributed by atoms with Gasteiger partial charge in [0.15, 0.2) is 11.2 Å². The van der Waals surface area contributed by atoms with E-state index in [2.05, 4.69) is 15.2 Å². The van der Waals surface area contributed by atoms with E-state index < -0.39 is 11.2 Å². The van der Waals surface area contributed by atoms with Crippen LogP contribution in [0.5, 0.6) is 0 Å². The van der Waals surface area contributed by atoms with E-state index in [1.54, 1.807) is 11.9 Å². The number of thiophene rings is 1. The molecular formula is C20H21N7O4S. The molecular weight excluding hydrogens is 434 g/mol. The van der Waals surface area contributed by atoms with Crippen molar-refractivity contribution in [3.63, 3.8) is 0 Å². The second kappa shape index (κ2) is 7.86. The summed E-state index contributed by atoms with van der Waals surface area (Å²) in [7, 11) is 2.96. The molecule has 11 nitrogen and oxygen atoms in total. The van der Waals surface area contributed by atoms with Crippen LogP contribution < -0.4 is 11.2 Å². The highest BCUT2D eigenvalue weighted by Crippen LogP contribution is 2.30. The first-order valence-corrected chi connectivity index (χ1v) is 11.1. The van der Waals surface area contributed by atoms with E-state index in [1.807, 2.05) is 17.5 Å². The Morgan fingerprint density at radius 1 is 1.25 bits per heavy atom. The van der Waals surface area contributed by atoms with Gasteiger partial charge < -0.3 is 13.9 Å². The summed E-state index contributed by atoms with van der Waals surface area (Å²) in [6.45, 7) is 1.04. The highest BCUT2D eigenvalue weighted by atomic mass is 32.1. The normalized spacial score (nSPS) is 16.7. The minimum absolute atomic E-state index is 0.0397. The minimum Gasteiger partial charge on any atom is -0.420 e. The first-order chi connectivity index (χ1) is 15.4. The fourth-order valence-electron chi connectivity index (χ4n) is 4.07. The third kappa shape index (κ3) is 3.36. The van der Waals surface area contributed by atoms with Crippen molar-refractivity contribution in [2.75, 3.05) is 13.1 Å². The number of rotatable bonds is 4. The Morgan fingerprint density at radius 2 is 2.09 bits per heavy atom. The van der Waals surface area contributed by atoms with Gasteiger partial charge in [-0.15, -0.1) is 21.5 Å². The van der Waals surface area contributed by atoms with Crippen LogP contribution in [0.2, 0.25) is 0 Å². The van der Waals surface area contributed by atoms with E-state index in [0.29, 0.717) is 24.9 Å². The standard InChI is InChI=1S/C20H21N7O4S/c1-24-16-15(19(29)25(2)20(24)30)27(11-21-16)10-14(28)26-7-3-5-12(9-26)17-22-23-18(31-17)13-6-4-8-32-13/h4,6,8,11-12H,3,5,7,9-10H2,1-2H3. The predicted octanol–water partition coefficient (Wildman–Crippen LogP) is 0.951. The molecule has 32 heavy (non-hydrogen) atoms. The predicted molar refractivity (Wildman–Crippen MR) is 116 cm³/mol. The minimum atomic E-state index is -0.475. The number of fused-ring (bicyclic) bond motifs is 1. The van der Waals surface area contributed by atoms with Crippen molar-refractivity contribution < 1.29 is 9.21 Å². The molecule has 0 N–H and O–H groups in total. The van der Waals surface area contributed by atoms with Crippen LogP contribution in [0.4, 0.5) is 0 Å². The lowest BCUT2D eigenvalue weighted by Crippen LogP contribution is -2.41. The van der Waals surface area contributed by atoms with Crippen molar-refractivity contribution in [2.24, 2.45) is 14.1 Å². The first kappa shape index (κ1) is 20.4. The van der Waals surface area contributed by atoms with Crippen molar-refractivity contribution >= 4 is 28.4 Å². The summed E-state index contributed by atoms with van der Waals surface area (Å²) in [5.41, 5.74) is -0.445. The summed E-state index contributed by atoms with van der Waals surface area (Å²) in [5.74, 6) is 0.845. The van der Waals surface area contributed by atoms with Crippen LogP contribution in [0.25, 0.3) is 21.9 Å². The molecule has 0 bridgehead atoms. The maximum atomic E-state index is 13.1. The number of imidazole rings is 1. The van der Waals surface area contributed by atoms with Crippen LogP contribution in [0.3, 0.4) is 0 Å². The summed E-state index contributed by atoms with van der Waals surface area (Å²) < 4.78 is 9.69. The Bertz CT molecular complexity index is 1410. The molecule has 4 aromatic heterocycles. The van der Waals surface area contributed by atoms with Crippen molar-refractivity contribution in [2.45, 2.75) is 25.3 Å². The SMILES string of the molecule is Cn1c(=O)c2c(ncn2CC(=O)N2CCCC(c3nnc(-c4cccs4)o3)C2)n(C)c1=O. The van der Waals surface area contributed by atoms with Crippen LogP contribution >= 0.6 is 11.3 Å². The molecule has 0 aliphatic carbocycles. The van der Waals surface area contributed by atoms with Gasteiger partial charge in [-0.3, -0.25) is 18.7 Å². The van der Waals surface area contributed by atoms with Gasteiger partial charge in [0.05, 0.1) is 17.1 Å². The van der Waals surface area contributed by atoms with Gasteiger partial charge in [-0.1, -0.05) is 6.07 Å². The molecule has 0 spiro atoms. The smallest absolute Gasteiger partial charge is 0.332 e. The average molecular weight is 456 g/mol. The fourth-order valence-corrected chi connectivity index (χ4v) is 4.71. The number of nitrogens with zero attached hydrogens (tertiary/aromatic N) is 7. The molecule has 1 atom stereocenters. The molecule has 1 amide bonds. The van der Waals surface area contributed by atoms with Crippen LogP contribution in [0, 0.1) is 0 Å². The molecule has 1 aliphatic rings. The number of aryl methyl sites for hydroxylation is 1. The van der Waals surface area contributed by atoms with E-state index in [0.717, 1.165) is 22.3 Å². The number of carbonyl (C=O) groups is 1. The molecule has 0 aromatic carbocycles. The third-order valence-electron chi connectivity index (χ3n) is 5.82. The van der Waals surface area contributed by atoms with Crippen LogP contribution in [-0.4, -0.2) is 52.8 Å². The summed E-state index contributed by atoms with van der Waals surface area (Å²) in [4.78, 5) is 44.6. The van der Waals surface area contributed by atoms with E-state index in [4.69, 9.17) is 4.42 Å². The maximum absolute atomic E-state index is 13.1. The van der Waals surface area contributed by atoms with Gasteiger partial charge in [-0.05, 0) is 24.3 Å². The number of aromatic nitrogens is 6. The Balaban J connectivity index is 1.35. The van der Waals surface area contributed by atoms with Gasteiger partial charge in [0.1, 0.15) is 6.54 Å². The van der Waals surface area contributed by atoms with Crippen LogP contribution in [0.1, 0.15) is 24.7 Å². The Hall–Kier alpha value is -3.54. The lowest BCUT2D eigenvalue weighted by molar-refractivity contribution is -0.133. The zero-order chi connectivity index (χ0) is 22.4. The summed E-state index contributed by atoms with van der Waals surface area (Å²) >= 11 is 1.53.